The zero-order valence-electron chi connectivity index (χ0n) is 12.6. The van der Waals surface area contributed by atoms with Crippen molar-refractivity contribution in [2.45, 2.75) is 19.2 Å². The van der Waals surface area contributed by atoms with Crippen LogP contribution in [0, 0.1) is 0 Å². The number of hydrogen-bond donors (Lipinski definition) is 1. The smallest absolute Gasteiger partial charge is 0.387 e. The van der Waals surface area contributed by atoms with Gasteiger partial charge in [0.25, 0.3) is 0 Å². The van der Waals surface area contributed by atoms with Gasteiger partial charge in [0.2, 0.25) is 0 Å². The van der Waals surface area contributed by atoms with Gasteiger partial charge in [0.1, 0.15) is 5.75 Å². The molecule has 1 aliphatic rings. The highest BCUT2D eigenvalue weighted by Gasteiger charge is 2.21. The summed E-state index contributed by atoms with van der Waals surface area (Å²) < 4.78 is 29.2. The number of halogens is 2. The van der Waals surface area contributed by atoms with Gasteiger partial charge in [-0.2, -0.15) is 8.78 Å². The molecular weight excluding hydrogens is 276 g/mol. The van der Waals surface area contributed by atoms with E-state index in [1.165, 1.54) is 0 Å². The lowest BCUT2D eigenvalue weighted by atomic mass is 10.1. The number of likely N-dealkylation sites (N-methyl/N-ethyl adjacent to an activating group) is 2. The average molecular weight is 299 g/mol. The molecule has 0 saturated carbocycles. The van der Waals surface area contributed by atoms with E-state index in [0.717, 1.165) is 31.7 Å². The molecular formula is C15H23F2N3O. The molecule has 6 heteroatoms. The first-order chi connectivity index (χ1) is 10.1. The van der Waals surface area contributed by atoms with Gasteiger partial charge in [0, 0.05) is 44.3 Å². The molecule has 1 heterocycles. The third-order valence-electron chi connectivity index (χ3n) is 3.86. The molecule has 1 aliphatic heterocycles. The lowest BCUT2D eigenvalue weighted by Gasteiger charge is -2.37. The van der Waals surface area contributed by atoms with Gasteiger partial charge in [-0.25, -0.2) is 0 Å². The van der Waals surface area contributed by atoms with E-state index in [1.807, 2.05) is 6.07 Å². The maximum atomic E-state index is 12.4. The Morgan fingerprint density at radius 2 is 2.05 bits per heavy atom. The molecule has 0 spiro atoms. The Bertz CT molecular complexity index is 445. The van der Waals surface area contributed by atoms with Crippen LogP contribution >= 0.6 is 0 Å². The minimum atomic E-state index is -2.79. The molecule has 0 bridgehead atoms. The summed E-state index contributed by atoms with van der Waals surface area (Å²) in [5.74, 6) is 0.245. The lowest BCUT2D eigenvalue weighted by molar-refractivity contribution is -0.0505. The molecule has 1 aromatic rings. The van der Waals surface area contributed by atoms with Crippen molar-refractivity contribution >= 4 is 0 Å². The molecule has 0 aromatic heterocycles. The minimum Gasteiger partial charge on any atom is -0.434 e. The fraction of sp³-hybridized carbons (Fsp3) is 0.600. The van der Waals surface area contributed by atoms with Crippen molar-refractivity contribution in [2.75, 3.05) is 40.3 Å². The zero-order chi connectivity index (χ0) is 15.2. The van der Waals surface area contributed by atoms with Crippen LogP contribution in [-0.2, 0) is 6.54 Å². The van der Waals surface area contributed by atoms with Crippen LogP contribution in [-0.4, -0.2) is 62.7 Å². The SMILES string of the molecule is CN1CCN(C)C(CNCc2ccccc2OC(F)F)C1. The molecule has 1 aromatic carbocycles. The molecule has 1 saturated heterocycles. The van der Waals surface area contributed by atoms with Crippen LogP contribution in [0.25, 0.3) is 0 Å². The second-order valence-electron chi connectivity index (χ2n) is 5.51. The van der Waals surface area contributed by atoms with Crippen molar-refractivity contribution in [3.8, 4) is 5.75 Å². The first kappa shape index (κ1) is 16.1. The predicted molar refractivity (Wildman–Crippen MR) is 78.7 cm³/mol. The Morgan fingerprint density at radius 1 is 1.29 bits per heavy atom. The summed E-state index contributed by atoms with van der Waals surface area (Å²) in [4.78, 5) is 4.63. The van der Waals surface area contributed by atoms with E-state index in [1.54, 1.807) is 18.2 Å². The van der Waals surface area contributed by atoms with Crippen molar-refractivity contribution < 1.29 is 13.5 Å². The van der Waals surface area contributed by atoms with E-state index in [-0.39, 0.29) is 5.75 Å². The minimum absolute atomic E-state index is 0.245. The van der Waals surface area contributed by atoms with Gasteiger partial charge in [0.05, 0.1) is 0 Å². The number of nitrogens with one attached hydrogen (secondary N) is 1. The normalized spacial score (nSPS) is 20.9. The number of nitrogens with zero attached hydrogens (tertiary/aromatic N) is 2. The van der Waals surface area contributed by atoms with Gasteiger partial charge in [-0.3, -0.25) is 4.90 Å². The molecule has 21 heavy (non-hydrogen) atoms. The summed E-state index contributed by atoms with van der Waals surface area (Å²) in [6, 6.07) is 7.35. The molecule has 1 unspecified atom stereocenters. The standard InChI is InChI=1S/C15H23F2N3O/c1-19-7-8-20(2)13(11-19)10-18-9-12-5-3-4-6-14(12)21-15(16)17/h3-6,13,15,18H,7-11H2,1-2H3. The summed E-state index contributed by atoms with van der Waals surface area (Å²) in [6.45, 7) is 1.70. The molecule has 118 valence electrons. The number of para-hydroxylation sites is 1. The van der Waals surface area contributed by atoms with E-state index < -0.39 is 6.61 Å². The van der Waals surface area contributed by atoms with E-state index in [0.29, 0.717) is 12.6 Å². The summed E-state index contributed by atoms with van der Waals surface area (Å²) in [5, 5.41) is 3.34. The van der Waals surface area contributed by atoms with Gasteiger partial charge in [-0.15, -0.1) is 0 Å². The van der Waals surface area contributed by atoms with Crippen molar-refractivity contribution in [3.05, 3.63) is 29.8 Å². The monoisotopic (exact) mass is 299 g/mol. The van der Waals surface area contributed by atoms with E-state index in [4.69, 9.17) is 0 Å². The molecule has 2 rings (SSSR count). The summed E-state index contributed by atoms with van der Waals surface area (Å²) in [7, 11) is 4.24. The van der Waals surface area contributed by atoms with Crippen molar-refractivity contribution in [1.82, 2.24) is 15.1 Å². The third-order valence-corrected chi connectivity index (χ3v) is 3.86. The van der Waals surface area contributed by atoms with Gasteiger partial charge >= 0.3 is 6.61 Å². The molecule has 0 radical (unpaired) electrons. The Morgan fingerprint density at radius 3 is 2.81 bits per heavy atom. The number of alkyl halides is 2. The quantitative estimate of drug-likeness (QED) is 0.864. The largest absolute Gasteiger partial charge is 0.434 e. The van der Waals surface area contributed by atoms with Gasteiger partial charge in [0.15, 0.2) is 0 Å². The van der Waals surface area contributed by atoms with Gasteiger partial charge in [-0.05, 0) is 20.2 Å². The number of ether oxygens (including phenoxy) is 1. The van der Waals surface area contributed by atoms with E-state index in [2.05, 4.69) is 33.9 Å². The third kappa shape index (κ3) is 4.91. The van der Waals surface area contributed by atoms with Crippen LogP contribution < -0.4 is 10.1 Å². The highest BCUT2D eigenvalue weighted by molar-refractivity contribution is 5.33. The lowest BCUT2D eigenvalue weighted by Crippen LogP contribution is -2.53. The molecule has 0 aliphatic carbocycles. The fourth-order valence-electron chi connectivity index (χ4n) is 2.56. The highest BCUT2D eigenvalue weighted by Crippen LogP contribution is 2.20. The second kappa shape index (κ2) is 7.68. The number of benzene rings is 1. The van der Waals surface area contributed by atoms with Gasteiger partial charge < -0.3 is 15.0 Å². The first-order valence-corrected chi connectivity index (χ1v) is 7.18. The van der Waals surface area contributed by atoms with E-state index >= 15 is 0 Å². The Balaban J connectivity index is 1.85. The zero-order valence-corrected chi connectivity index (χ0v) is 12.6. The van der Waals surface area contributed by atoms with Crippen LogP contribution in [0.3, 0.4) is 0 Å². The Labute approximate surface area is 124 Å². The number of hydrogen-bond acceptors (Lipinski definition) is 4. The van der Waals surface area contributed by atoms with Crippen molar-refractivity contribution in [3.63, 3.8) is 0 Å². The van der Waals surface area contributed by atoms with Crippen LogP contribution in [0.2, 0.25) is 0 Å². The summed E-state index contributed by atoms with van der Waals surface area (Å²) in [5.41, 5.74) is 0.754. The Kier molecular flexibility index (Phi) is 5.90. The molecule has 1 fully saturated rings. The Hall–Kier alpha value is -1.24. The highest BCUT2D eigenvalue weighted by atomic mass is 19.3. The first-order valence-electron chi connectivity index (χ1n) is 7.18. The molecule has 0 amide bonds. The number of rotatable bonds is 6. The van der Waals surface area contributed by atoms with Crippen LogP contribution in [0.4, 0.5) is 8.78 Å². The van der Waals surface area contributed by atoms with E-state index in [9.17, 15) is 8.78 Å². The van der Waals surface area contributed by atoms with Crippen LogP contribution in [0.1, 0.15) is 5.56 Å². The predicted octanol–water partition coefficient (Wildman–Crippen LogP) is 1.62. The molecule has 1 N–H and O–H groups in total. The van der Waals surface area contributed by atoms with Crippen molar-refractivity contribution in [1.29, 1.82) is 0 Å². The molecule has 4 nitrogen and oxygen atoms in total. The average Bonchev–Trinajstić information content (AvgIpc) is 2.44. The van der Waals surface area contributed by atoms with Crippen LogP contribution in [0.5, 0.6) is 5.75 Å². The summed E-state index contributed by atoms with van der Waals surface area (Å²) >= 11 is 0. The van der Waals surface area contributed by atoms with Crippen molar-refractivity contribution in [2.24, 2.45) is 0 Å². The van der Waals surface area contributed by atoms with Gasteiger partial charge in [-0.1, -0.05) is 18.2 Å². The second-order valence-corrected chi connectivity index (χ2v) is 5.51. The maximum Gasteiger partial charge on any atom is 0.387 e. The van der Waals surface area contributed by atoms with Crippen LogP contribution in [0.15, 0.2) is 24.3 Å². The topological polar surface area (TPSA) is 27.7 Å². The molecule has 1 atom stereocenters. The fourth-order valence-corrected chi connectivity index (χ4v) is 2.56. The number of piperazine rings is 1. The summed E-state index contributed by atoms with van der Waals surface area (Å²) in [6.07, 6.45) is 0. The maximum absolute atomic E-state index is 12.4.